The number of ether oxygens (including phenoxy) is 2. The highest BCUT2D eigenvalue weighted by Gasteiger charge is 2.43. The first-order chi connectivity index (χ1) is 15.8. The number of hydrogen-bond donors (Lipinski definition) is 2. The quantitative estimate of drug-likeness (QED) is 0.464. The average molecular weight is 470 g/mol. The van der Waals surface area contributed by atoms with Crippen LogP contribution in [0.15, 0.2) is 59.5 Å². The zero-order chi connectivity index (χ0) is 23.5. The molecule has 1 saturated heterocycles. The summed E-state index contributed by atoms with van der Waals surface area (Å²) in [4.78, 5) is 16.4. The first-order valence-corrected chi connectivity index (χ1v) is 12.2. The van der Waals surface area contributed by atoms with Crippen molar-refractivity contribution in [3.63, 3.8) is 0 Å². The molecular formula is C24H27N3O5S. The summed E-state index contributed by atoms with van der Waals surface area (Å²) in [5.41, 5.74) is 2.07. The highest BCUT2D eigenvalue weighted by atomic mass is 32.2. The van der Waals surface area contributed by atoms with E-state index in [2.05, 4.69) is 21.9 Å². The number of methoxy groups -OCH3 is 1. The molecule has 0 saturated carbocycles. The van der Waals surface area contributed by atoms with Crippen LogP contribution in [0.5, 0.6) is 5.75 Å². The van der Waals surface area contributed by atoms with Crippen molar-refractivity contribution >= 4 is 26.9 Å². The van der Waals surface area contributed by atoms with Gasteiger partial charge in [0.25, 0.3) is 0 Å². The minimum absolute atomic E-state index is 0.0312. The lowest BCUT2D eigenvalue weighted by Gasteiger charge is -2.41. The van der Waals surface area contributed by atoms with Crippen LogP contribution in [-0.2, 0) is 32.6 Å². The van der Waals surface area contributed by atoms with E-state index in [-0.39, 0.29) is 11.3 Å². The maximum Gasteiger partial charge on any atom is 0.307 e. The molecule has 1 aliphatic rings. The third-order valence-electron chi connectivity index (χ3n) is 5.73. The summed E-state index contributed by atoms with van der Waals surface area (Å²) in [7, 11) is -2.53. The van der Waals surface area contributed by atoms with Crippen molar-refractivity contribution in [1.29, 1.82) is 0 Å². The van der Waals surface area contributed by atoms with Crippen molar-refractivity contribution in [3.8, 4) is 5.75 Å². The lowest BCUT2D eigenvalue weighted by molar-refractivity contribution is -0.142. The van der Waals surface area contributed by atoms with Crippen LogP contribution in [0.4, 0.5) is 0 Å². The molecular weight excluding hydrogens is 442 g/mol. The number of para-hydroxylation sites is 1. The topological polar surface area (TPSA) is 107 Å². The van der Waals surface area contributed by atoms with E-state index < -0.39 is 21.5 Å². The standard InChI is InChI=1S/C24H27N3O5S/c1-3-18-12-17(21-6-4-5-7-22(21)26-18)14-32-19-8-10-20(11-9-19)33(29,30)27-24(15-25-16-24)13-23(28)31-2/h4-12,25,27H,3,13-16H2,1-2H3. The Hall–Kier alpha value is -3.01. The molecule has 0 unspecified atom stereocenters. The fourth-order valence-corrected chi connectivity index (χ4v) is 5.24. The van der Waals surface area contributed by atoms with E-state index in [1.54, 1.807) is 12.1 Å². The fraction of sp³-hybridized carbons (Fsp3) is 0.333. The molecule has 0 atom stereocenters. The number of hydrogen-bond acceptors (Lipinski definition) is 7. The molecule has 9 heteroatoms. The van der Waals surface area contributed by atoms with Crippen LogP contribution in [0.3, 0.4) is 0 Å². The summed E-state index contributed by atoms with van der Waals surface area (Å²) in [5, 5.41) is 4.04. The van der Waals surface area contributed by atoms with Gasteiger partial charge in [-0.1, -0.05) is 25.1 Å². The van der Waals surface area contributed by atoms with Gasteiger partial charge in [0, 0.05) is 29.7 Å². The molecule has 0 bridgehead atoms. The highest BCUT2D eigenvalue weighted by Crippen LogP contribution is 2.24. The molecule has 1 fully saturated rings. The van der Waals surface area contributed by atoms with Gasteiger partial charge in [-0.05, 0) is 42.8 Å². The van der Waals surface area contributed by atoms with Crippen molar-refractivity contribution in [2.45, 2.75) is 36.8 Å². The molecule has 0 aliphatic carbocycles. The Morgan fingerprint density at radius 2 is 1.88 bits per heavy atom. The predicted octanol–water partition coefficient (Wildman–Crippen LogP) is 2.56. The van der Waals surface area contributed by atoms with Gasteiger partial charge in [0.2, 0.25) is 10.0 Å². The molecule has 2 heterocycles. The smallest absolute Gasteiger partial charge is 0.307 e. The minimum Gasteiger partial charge on any atom is -0.489 e. The highest BCUT2D eigenvalue weighted by molar-refractivity contribution is 7.89. The molecule has 3 aromatic rings. The number of benzene rings is 2. The maximum absolute atomic E-state index is 12.9. The molecule has 2 aromatic carbocycles. The van der Waals surface area contributed by atoms with E-state index in [9.17, 15) is 13.2 Å². The summed E-state index contributed by atoms with van der Waals surface area (Å²) in [6.07, 6.45) is 0.793. The molecule has 33 heavy (non-hydrogen) atoms. The summed E-state index contributed by atoms with van der Waals surface area (Å²) < 4.78 is 39.1. The molecule has 0 amide bonds. The number of pyridine rings is 1. The molecule has 1 aliphatic heterocycles. The summed E-state index contributed by atoms with van der Waals surface area (Å²) >= 11 is 0. The summed E-state index contributed by atoms with van der Waals surface area (Å²) in [6, 6.07) is 16.2. The Morgan fingerprint density at radius 3 is 2.52 bits per heavy atom. The molecule has 1 aromatic heterocycles. The normalized spacial score (nSPS) is 15.1. The van der Waals surface area contributed by atoms with E-state index in [0.29, 0.717) is 25.4 Å². The van der Waals surface area contributed by atoms with Gasteiger partial charge in [0.05, 0.1) is 29.5 Å². The molecule has 2 N–H and O–H groups in total. The number of carbonyl (C=O) groups is 1. The Balaban J connectivity index is 1.47. The molecule has 8 nitrogen and oxygen atoms in total. The first kappa shape index (κ1) is 23.2. The maximum atomic E-state index is 12.9. The second kappa shape index (κ2) is 9.46. The number of sulfonamides is 1. The van der Waals surface area contributed by atoms with Crippen LogP contribution >= 0.6 is 0 Å². The van der Waals surface area contributed by atoms with E-state index >= 15 is 0 Å². The largest absolute Gasteiger partial charge is 0.489 e. The average Bonchev–Trinajstić information content (AvgIpc) is 2.80. The van der Waals surface area contributed by atoms with E-state index in [1.165, 1.54) is 19.2 Å². The van der Waals surface area contributed by atoms with E-state index in [0.717, 1.165) is 28.6 Å². The summed E-state index contributed by atoms with van der Waals surface area (Å²) in [6.45, 7) is 3.13. The van der Waals surface area contributed by atoms with Crippen molar-refractivity contribution in [2.24, 2.45) is 0 Å². The Labute approximate surface area is 193 Å². The van der Waals surface area contributed by atoms with Gasteiger partial charge >= 0.3 is 5.97 Å². The van der Waals surface area contributed by atoms with Gasteiger partial charge in [0.1, 0.15) is 12.4 Å². The zero-order valence-corrected chi connectivity index (χ0v) is 19.4. The number of nitrogens with zero attached hydrogens (tertiary/aromatic N) is 1. The second-order valence-electron chi connectivity index (χ2n) is 8.15. The number of aryl methyl sites for hydroxylation is 1. The lowest BCUT2D eigenvalue weighted by atomic mass is 9.90. The van der Waals surface area contributed by atoms with Gasteiger partial charge in [-0.25, -0.2) is 13.1 Å². The van der Waals surface area contributed by atoms with Gasteiger partial charge in [-0.3, -0.25) is 9.78 Å². The Kier molecular flexibility index (Phi) is 6.64. The van der Waals surface area contributed by atoms with Crippen LogP contribution in [0.1, 0.15) is 24.6 Å². The Morgan fingerprint density at radius 1 is 1.15 bits per heavy atom. The number of aromatic nitrogens is 1. The number of carbonyl (C=O) groups excluding carboxylic acids is 1. The van der Waals surface area contributed by atoms with E-state index in [1.807, 2.05) is 30.3 Å². The zero-order valence-electron chi connectivity index (χ0n) is 18.6. The van der Waals surface area contributed by atoms with Gasteiger partial charge in [-0.2, -0.15) is 0 Å². The minimum atomic E-state index is -3.82. The number of rotatable bonds is 9. The van der Waals surface area contributed by atoms with Gasteiger partial charge < -0.3 is 14.8 Å². The van der Waals surface area contributed by atoms with Gasteiger partial charge in [-0.15, -0.1) is 0 Å². The van der Waals surface area contributed by atoms with Crippen LogP contribution in [0, 0.1) is 0 Å². The van der Waals surface area contributed by atoms with E-state index in [4.69, 9.17) is 9.47 Å². The molecule has 0 spiro atoms. The Bertz CT molecular complexity index is 1250. The van der Waals surface area contributed by atoms with Crippen LogP contribution in [0.2, 0.25) is 0 Å². The predicted molar refractivity (Wildman–Crippen MR) is 124 cm³/mol. The van der Waals surface area contributed by atoms with Crippen LogP contribution in [0.25, 0.3) is 10.9 Å². The third-order valence-corrected chi connectivity index (χ3v) is 7.33. The summed E-state index contributed by atoms with van der Waals surface area (Å²) in [5.74, 6) is 0.0975. The number of esters is 1. The van der Waals surface area contributed by atoms with Gasteiger partial charge in [0.15, 0.2) is 0 Å². The first-order valence-electron chi connectivity index (χ1n) is 10.8. The number of nitrogens with one attached hydrogen (secondary N) is 2. The second-order valence-corrected chi connectivity index (χ2v) is 9.83. The van der Waals surface area contributed by atoms with Crippen LogP contribution < -0.4 is 14.8 Å². The lowest BCUT2D eigenvalue weighted by Crippen LogP contribution is -2.69. The molecule has 4 rings (SSSR count). The molecule has 174 valence electrons. The third kappa shape index (κ3) is 5.16. The van der Waals surface area contributed by atoms with Crippen molar-refractivity contribution < 1.29 is 22.7 Å². The van der Waals surface area contributed by atoms with Crippen molar-refractivity contribution in [2.75, 3.05) is 20.2 Å². The van der Waals surface area contributed by atoms with Crippen LogP contribution in [-0.4, -0.2) is 45.1 Å². The molecule has 0 radical (unpaired) electrons. The van der Waals surface area contributed by atoms with Crippen molar-refractivity contribution in [1.82, 2.24) is 15.0 Å². The number of fused-ring (bicyclic) bond motifs is 1. The fourth-order valence-electron chi connectivity index (χ4n) is 3.84. The SMILES string of the molecule is CCc1cc(COc2ccc(S(=O)(=O)NC3(CC(=O)OC)CNC3)cc2)c2ccccc2n1. The van der Waals surface area contributed by atoms with Crippen molar-refractivity contribution in [3.05, 3.63) is 65.9 Å². The monoisotopic (exact) mass is 469 g/mol.